The molecular weight excluding hydrogens is 347 g/mol. The predicted octanol–water partition coefficient (Wildman–Crippen LogP) is 3.83. The summed E-state index contributed by atoms with van der Waals surface area (Å²) in [6.07, 6.45) is 1.57. The van der Waals surface area contributed by atoms with Crippen LogP contribution in [0.2, 0.25) is 0 Å². The summed E-state index contributed by atoms with van der Waals surface area (Å²) in [6, 6.07) is 7.45. The van der Waals surface area contributed by atoms with Gasteiger partial charge in [-0.3, -0.25) is 9.48 Å². The van der Waals surface area contributed by atoms with Gasteiger partial charge >= 0.3 is 5.51 Å². The van der Waals surface area contributed by atoms with Crippen LogP contribution in [-0.2, 0) is 0 Å². The number of rotatable bonds is 2. The Bertz CT molecular complexity index is 700. The maximum absolute atomic E-state index is 12.4. The summed E-state index contributed by atoms with van der Waals surface area (Å²) < 4.78 is 38.6. The minimum absolute atomic E-state index is 0. The SMILES string of the molecule is C[C@H]1CN(c2ccc(SC(F)(F)F)cc2)C(=O)c2ccnn21.S. The molecule has 1 atom stereocenters. The van der Waals surface area contributed by atoms with Gasteiger partial charge in [0.15, 0.2) is 0 Å². The number of hydrogen-bond acceptors (Lipinski definition) is 3. The lowest BCUT2D eigenvalue weighted by Gasteiger charge is -2.31. The van der Waals surface area contributed by atoms with Gasteiger partial charge in [-0.05, 0) is 49.0 Å². The highest BCUT2D eigenvalue weighted by molar-refractivity contribution is 8.00. The van der Waals surface area contributed by atoms with Gasteiger partial charge in [-0.1, -0.05) is 0 Å². The fourth-order valence-corrected chi connectivity index (χ4v) is 2.99. The molecule has 3 rings (SSSR count). The number of fused-ring (bicyclic) bond motifs is 1. The third-order valence-electron chi connectivity index (χ3n) is 3.38. The second kappa shape index (κ2) is 6.48. The minimum Gasteiger partial charge on any atom is -0.305 e. The molecule has 1 amide bonds. The molecule has 0 bridgehead atoms. The Morgan fingerprint density at radius 3 is 2.48 bits per heavy atom. The number of amides is 1. The molecule has 4 nitrogen and oxygen atoms in total. The van der Waals surface area contributed by atoms with E-state index in [9.17, 15) is 18.0 Å². The molecule has 0 N–H and O–H groups in total. The summed E-state index contributed by atoms with van der Waals surface area (Å²) in [7, 11) is 0. The van der Waals surface area contributed by atoms with Crippen molar-refractivity contribution >= 4 is 36.9 Å². The summed E-state index contributed by atoms with van der Waals surface area (Å²) in [5.41, 5.74) is -3.26. The first kappa shape index (κ1) is 17.7. The highest BCUT2D eigenvalue weighted by Gasteiger charge is 2.31. The van der Waals surface area contributed by atoms with E-state index >= 15 is 0 Å². The van der Waals surface area contributed by atoms with Crippen LogP contribution in [0.1, 0.15) is 23.5 Å². The molecule has 0 fully saturated rings. The summed E-state index contributed by atoms with van der Waals surface area (Å²) in [5, 5.41) is 4.11. The van der Waals surface area contributed by atoms with Crippen LogP contribution in [0.15, 0.2) is 41.4 Å². The van der Waals surface area contributed by atoms with Crippen molar-refractivity contribution in [2.24, 2.45) is 0 Å². The summed E-state index contributed by atoms with van der Waals surface area (Å²) in [5.74, 6) is -0.202. The van der Waals surface area contributed by atoms with E-state index in [2.05, 4.69) is 5.10 Å². The number of halogens is 3. The van der Waals surface area contributed by atoms with E-state index in [1.807, 2.05) is 6.92 Å². The van der Waals surface area contributed by atoms with Gasteiger partial charge in [-0.2, -0.15) is 31.8 Å². The van der Waals surface area contributed by atoms with Gasteiger partial charge in [0.1, 0.15) is 5.69 Å². The van der Waals surface area contributed by atoms with Crippen LogP contribution in [-0.4, -0.2) is 27.7 Å². The Hall–Kier alpha value is -1.61. The van der Waals surface area contributed by atoms with Gasteiger partial charge < -0.3 is 4.90 Å². The van der Waals surface area contributed by atoms with Crippen molar-refractivity contribution < 1.29 is 18.0 Å². The van der Waals surface area contributed by atoms with Gasteiger partial charge in [0.25, 0.3) is 5.91 Å². The maximum atomic E-state index is 12.4. The van der Waals surface area contributed by atoms with Crippen LogP contribution < -0.4 is 4.90 Å². The third kappa shape index (κ3) is 3.66. The maximum Gasteiger partial charge on any atom is 0.446 e. The molecule has 23 heavy (non-hydrogen) atoms. The summed E-state index contributed by atoms with van der Waals surface area (Å²) in [4.78, 5) is 14.1. The molecule has 124 valence electrons. The first-order valence-corrected chi connectivity index (χ1v) is 7.38. The number of anilines is 1. The average molecular weight is 361 g/mol. The number of nitrogens with zero attached hydrogens (tertiary/aromatic N) is 3. The Morgan fingerprint density at radius 2 is 1.87 bits per heavy atom. The van der Waals surface area contributed by atoms with Crippen LogP contribution in [0.3, 0.4) is 0 Å². The zero-order valence-corrected chi connectivity index (χ0v) is 13.9. The third-order valence-corrected chi connectivity index (χ3v) is 4.12. The highest BCUT2D eigenvalue weighted by atomic mass is 32.2. The molecule has 0 unspecified atom stereocenters. The number of benzene rings is 1. The Kier molecular flexibility index (Phi) is 5.00. The van der Waals surface area contributed by atoms with Crippen molar-refractivity contribution in [1.29, 1.82) is 0 Å². The Balaban J connectivity index is 0.00000192. The number of thioether (sulfide) groups is 1. The van der Waals surface area contributed by atoms with Crippen molar-refractivity contribution in [2.75, 3.05) is 11.4 Å². The van der Waals surface area contributed by atoms with Crippen molar-refractivity contribution in [2.45, 2.75) is 23.4 Å². The highest BCUT2D eigenvalue weighted by Crippen LogP contribution is 2.37. The van der Waals surface area contributed by atoms with Crippen molar-refractivity contribution in [3.63, 3.8) is 0 Å². The number of alkyl halides is 3. The molecule has 1 aromatic heterocycles. The molecule has 1 aromatic carbocycles. The molecule has 1 aliphatic rings. The molecule has 0 radical (unpaired) electrons. The van der Waals surface area contributed by atoms with E-state index in [4.69, 9.17) is 0 Å². The topological polar surface area (TPSA) is 38.1 Å². The Labute approximate surface area is 142 Å². The van der Waals surface area contributed by atoms with Crippen molar-refractivity contribution in [3.8, 4) is 0 Å². The summed E-state index contributed by atoms with van der Waals surface area (Å²) in [6.45, 7) is 2.36. The first-order chi connectivity index (χ1) is 10.3. The minimum atomic E-state index is -4.32. The zero-order valence-electron chi connectivity index (χ0n) is 12.0. The van der Waals surface area contributed by atoms with Crippen molar-refractivity contribution in [3.05, 3.63) is 42.2 Å². The van der Waals surface area contributed by atoms with E-state index in [-0.39, 0.29) is 42.1 Å². The van der Waals surface area contributed by atoms with Crippen LogP contribution in [0.25, 0.3) is 0 Å². The molecule has 2 heterocycles. The van der Waals surface area contributed by atoms with Gasteiger partial charge in [0.05, 0.1) is 6.04 Å². The Morgan fingerprint density at radius 1 is 1.22 bits per heavy atom. The normalized spacial score (nSPS) is 17.7. The lowest BCUT2D eigenvalue weighted by atomic mass is 10.1. The predicted molar refractivity (Wildman–Crippen MR) is 87.3 cm³/mol. The molecule has 0 saturated carbocycles. The van der Waals surface area contributed by atoms with Crippen LogP contribution >= 0.6 is 25.3 Å². The van der Waals surface area contributed by atoms with Gasteiger partial charge in [-0.15, -0.1) is 0 Å². The van der Waals surface area contributed by atoms with Gasteiger partial charge in [-0.25, -0.2) is 0 Å². The fraction of sp³-hybridized carbons (Fsp3) is 0.286. The van der Waals surface area contributed by atoms with Crippen LogP contribution in [0.5, 0.6) is 0 Å². The quantitative estimate of drug-likeness (QED) is 0.763. The van der Waals surface area contributed by atoms with E-state index in [0.717, 1.165) is 0 Å². The second-order valence-electron chi connectivity index (χ2n) is 4.97. The molecular formula is C14H14F3N3OS2. The first-order valence-electron chi connectivity index (χ1n) is 6.56. The van der Waals surface area contributed by atoms with Crippen molar-refractivity contribution in [1.82, 2.24) is 9.78 Å². The number of carbonyl (C=O) groups excluding carboxylic acids is 1. The van der Waals surface area contributed by atoms with E-state index < -0.39 is 5.51 Å². The molecule has 0 spiro atoms. The van der Waals surface area contributed by atoms with E-state index in [1.165, 1.54) is 24.3 Å². The lowest BCUT2D eigenvalue weighted by molar-refractivity contribution is -0.0328. The molecule has 0 saturated heterocycles. The molecule has 1 aliphatic heterocycles. The van der Waals surface area contributed by atoms with Gasteiger partial charge in [0, 0.05) is 23.3 Å². The van der Waals surface area contributed by atoms with Gasteiger partial charge in [0.2, 0.25) is 0 Å². The average Bonchev–Trinajstić information content (AvgIpc) is 2.92. The standard InChI is InChI=1S/C14H12F3N3OS.H2S/c1-9-8-19(13(21)12-6-7-18-20(9)12)10-2-4-11(5-3-10)22-14(15,16)17;/h2-7,9H,8H2,1H3;1H2/t9-;/m0./s1. The molecule has 9 heteroatoms. The second-order valence-corrected chi connectivity index (χ2v) is 6.11. The smallest absolute Gasteiger partial charge is 0.305 e. The van der Waals surface area contributed by atoms with Crippen LogP contribution in [0.4, 0.5) is 18.9 Å². The number of carbonyl (C=O) groups is 1. The van der Waals surface area contributed by atoms with E-state index in [0.29, 0.717) is 17.9 Å². The number of aromatic nitrogens is 2. The fourth-order valence-electron chi connectivity index (χ4n) is 2.45. The molecule has 0 aliphatic carbocycles. The van der Waals surface area contributed by atoms with E-state index in [1.54, 1.807) is 21.8 Å². The van der Waals surface area contributed by atoms with Crippen LogP contribution in [0, 0.1) is 0 Å². The zero-order chi connectivity index (χ0) is 15.9. The lowest BCUT2D eigenvalue weighted by Crippen LogP contribution is -2.42. The monoisotopic (exact) mass is 361 g/mol. The largest absolute Gasteiger partial charge is 0.446 e. The number of hydrogen-bond donors (Lipinski definition) is 0. The summed E-state index contributed by atoms with van der Waals surface area (Å²) >= 11 is -0.170. The molecule has 2 aromatic rings.